The molecule has 6 heteroatoms. The highest BCUT2D eigenvalue weighted by Gasteiger charge is 2.28. The Hall–Kier alpha value is -1.56. The predicted octanol–water partition coefficient (Wildman–Crippen LogP) is 2.38. The lowest BCUT2D eigenvalue weighted by atomic mass is 10.0. The average molecular weight is 327 g/mol. The molecule has 0 saturated carbocycles. The van der Waals surface area contributed by atoms with Gasteiger partial charge in [-0.3, -0.25) is 9.69 Å². The van der Waals surface area contributed by atoms with E-state index >= 15 is 0 Å². The lowest BCUT2D eigenvalue weighted by Crippen LogP contribution is -2.51. The zero-order valence-electron chi connectivity index (χ0n) is 10.5. The minimum atomic E-state index is -0.843. The molecule has 5 nitrogen and oxygen atoms in total. The van der Waals surface area contributed by atoms with Crippen LogP contribution in [0.25, 0.3) is 0 Å². The van der Waals surface area contributed by atoms with Gasteiger partial charge in [0.25, 0.3) is 0 Å². The van der Waals surface area contributed by atoms with E-state index in [2.05, 4.69) is 21.2 Å². The van der Waals surface area contributed by atoms with Crippen molar-refractivity contribution in [1.82, 2.24) is 5.32 Å². The van der Waals surface area contributed by atoms with Gasteiger partial charge in [-0.25, -0.2) is 4.79 Å². The maximum atomic E-state index is 11.9. The van der Waals surface area contributed by atoms with Crippen molar-refractivity contribution in [3.05, 3.63) is 28.2 Å². The van der Waals surface area contributed by atoms with Crippen LogP contribution in [0.1, 0.15) is 12.0 Å². The van der Waals surface area contributed by atoms with Crippen LogP contribution >= 0.6 is 15.9 Å². The number of nitrogens with zero attached hydrogens (tertiary/aromatic N) is 1. The van der Waals surface area contributed by atoms with Gasteiger partial charge in [-0.2, -0.15) is 0 Å². The summed E-state index contributed by atoms with van der Waals surface area (Å²) in [7, 11) is 0. The zero-order chi connectivity index (χ0) is 14.0. The van der Waals surface area contributed by atoms with Gasteiger partial charge in [-0.05, 0) is 40.5 Å². The lowest BCUT2D eigenvalue weighted by molar-refractivity contribution is -0.138. The average Bonchev–Trinajstić information content (AvgIpc) is 2.31. The minimum absolute atomic E-state index is 0.0558. The number of anilines is 1. The number of hydrogen-bond donors (Lipinski definition) is 2. The van der Waals surface area contributed by atoms with Gasteiger partial charge in [0, 0.05) is 23.5 Å². The topological polar surface area (TPSA) is 69.6 Å². The highest BCUT2D eigenvalue weighted by Crippen LogP contribution is 2.29. The van der Waals surface area contributed by atoms with E-state index in [9.17, 15) is 9.59 Å². The molecule has 1 fully saturated rings. The fourth-order valence-corrected chi connectivity index (χ4v) is 2.86. The van der Waals surface area contributed by atoms with E-state index < -0.39 is 5.97 Å². The fourth-order valence-electron chi connectivity index (χ4n) is 2.15. The molecule has 0 bridgehead atoms. The van der Waals surface area contributed by atoms with Crippen molar-refractivity contribution >= 4 is 33.6 Å². The molecule has 2 N–H and O–H groups in total. The van der Waals surface area contributed by atoms with E-state index in [-0.39, 0.29) is 18.4 Å². The van der Waals surface area contributed by atoms with Gasteiger partial charge in [0.1, 0.15) is 0 Å². The number of amides is 2. The van der Waals surface area contributed by atoms with Crippen LogP contribution in [-0.2, 0) is 4.79 Å². The van der Waals surface area contributed by atoms with Crippen LogP contribution in [-0.4, -0.2) is 30.2 Å². The normalized spacial score (nSPS) is 19.2. The van der Waals surface area contributed by atoms with Crippen LogP contribution in [0.2, 0.25) is 0 Å². The van der Waals surface area contributed by atoms with Crippen LogP contribution in [0.4, 0.5) is 10.5 Å². The standard InChI is InChI=1S/C13H15BrN2O3/c1-8-2-3-11(10(14)4-8)16-7-9(5-12(17)18)6-15-13(16)19/h2-4,9H,5-7H2,1H3,(H,15,19)(H,17,18). The van der Waals surface area contributed by atoms with Gasteiger partial charge in [-0.1, -0.05) is 6.07 Å². The van der Waals surface area contributed by atoms with Crippen molar-refractivity contribution in [3.8, 4) is 0 Å². The molecule has 1 saturated heterocycles. The first-order valence-corrected chi connectivity index (χ1v) is 6.80. The molecular formula is C13H15BrN2O3. The van der Waals surface area contributed by atoms with E-state index in [4.69, 9.17) is 5.11 Å². The number of carboxylic acid groups (broad SMARTS) is 1. The van der Waals surface area contributed by atoms with Gasteiger partial charge in [0.2, 0.25) is 0 Å². The van der Waals surface area contributed by atoms with Crippen molar-refractivity contribution in [2.75, 3.05) is 18.0 Å². The van der Waals surface area contributed by atoms with Crippen LogP contribution < -0.4 is 10.2 Å². The SMILES string of the molecule is Cc1ccc(N2CC(CC(=O)O)CNC2=O)c(Br)c1. The molecule has 1 aromatic carbocycles. The fraction of sp³-hybridized carbons (Fsp3) is 0.385. The molecule has 0 aliphatic carbocycles. The van der Waals surface area contributed by atoms with Gasteiger partial charge < -0.3 is 10.4 Å². The number of carboxylic acids is 1. The molecule has 1 atom stereocenters. The van der Waals surface area contributed by atoms with Gasteiger partial charge in [0.15, 0.2) is 0 Å². The molecule has 1 unspecified atom stereocenters. The quantitative estimate of drug-likeness (QED) is 0.895. The molecule has 19 heavy (non-hydrogen) atoms. The second-order valence-corrected chi connectivity index (χ2v) is 5.57. The molecule has 0 aromatic heterocycles. The van der Waals surface area contributed by atoms with Crippen molar-refractivity contribution in [1.29, 1.82) is 0 Å². The van der Waals surface area contributed by atoms with E-state index in [0.717, 1.165) is 15.7 Å². The Kier molecular flexibility index (Phi) is 4.09. The number of urea groups is 1. The Labute approximate surface area is 119 Å². The molecule has 1 aromatic rings. The van der Waals surface area contributed by atoms with Crippen molar-refractivity contribution in [3.63, 3.8) is 0 Å². The van der Waals surface area contributed by atoms with E-state index in [1.807, 2.05) is 25.1 Å². The van der Waals surface area contributed by atoms with Crippen molar-refractivity contribution < 1.29 is 14.7 Å². The summed E-state index contributed by atoms with van der Waals surface area (Å²) in [5, 5.41) is 11.6. The summed E-state index contributed by atoms with van der Waals surface area (Å²) >= 11 is 3.44. The molecular weight excluding hydrogens is 312 g/mol. The lowest BCUT2D eigenvalue weighted by Gasteiger charge is -2.33. The van der Waals surface area contributed by atoms with Crippen molar-refractivity contribution in [2.24, 2.45) is 5.92 Å². The monoisotopic (exact) mass is 326 g/mol. The Morgan fingerprint density at radius 2 is 2.32 bits per heavy atom. The maximum Gasteiger partial charge on any atom is 0.321 e. The molecule has 102 valence electrons. The minimum Gasteiger partial charge on any atom is -0.481 e. The maximum absolute atomic E-state index is 11.9. The number of rotatable bonds is 3. The first-order valence-electron chi connectivity index (χ1n) is 6.00. The molecule has 2 amide bonds. The van der Waals surface area contributed by atoms with Crippen LogP contribution in [0.3, 0.4) is 0 Å². The number of carbonyl (C=O) groups is 2. The molecule has 1 heterocycles. The highest BCUT2D eigenvalue weighted by atomic mass is 79.9. The van der Waals surface area contributed by atoms with E-state index in [1.165, 1.54) is 0 Å². The Bertz CT molecular complexity index is 519. The zero-order valence-corrected chi connectivity index (χ0v) is 12.1. The number of hydrogen-bond acceptors (Lipinski definition) is 2. The van der Waals surface area contributed by atoms with Gasteiger partial charge >= 0.3 is 12.0 Å². The summed E-state index contributed by atoms with van der Waals surface area (Å²) in [6.07, 6.45) is 0.0558. The van der Waals surface area contributed by atoms with Gasteiger partial charge in [0.05, 0.1) is 12.1 Å². The third-order valence-electron chi connectivity index (χ3n) is 3.09. The number of carbonyl (C=O) groups excluding carboxylic acids is 1. The van der Waals surface area contributed by atoms with E-state index in [1.54, 1.807) is 4.90 Å². The molecule has 0 spiro atoms. The van der Waals surface area contributed by atoms with Gasteiger partial charge in [-0.15, -0.1) is 0 Å². The van der Waals surface area contributed by atoms with E-state index in [0.29, 0.717) is 13.1 Å². The first kappa shape index (κ1) is 13.9. The second kappa shape index (κ2) is 5.61. The third kappa shape index (κ3) is 3.26. The summed E-state index contributed by atoms with van der Waals surface area (Å²) in [5.74, 6) is -0.924. The number of nitrogens with one attached hydrogen (secondary N) is 1. The number of benzene rings is 1. The summed E-state index contributed by atoms with van der Waals surface area (Å²) in [4.78, 5) is 24.3. The summed E-state index contributed by atoms with van der Waals surface area (Å²) in [6.45, 7) is 2.79. The van der Waals surface area contributed by atoms with Crippen molar-refractivity contribution in [2.45, 2.75) is 13.3 Å². The number of halogens is 1. The van der Waals surface area contributed by atoms with Crippen LogP contribution in [0, 0.1) is 12.8 Å². The highest BCUT2D eigenvalue weighted by molar-refractivity contribution is 9.10. The number of aliphatic carboxylic acids is 1. The smallest absolute Gasteiger partial charge is 0.321 e. The van der Waals surface area contributed by atoms with Crippen LogP contribution in [0.5, 0.6) is 0 Å². The second-order valence-electron chi connectivity index (χ2n) is 4.72. The molecule has 1 aliphatic heterocycles. The summed E-state index contributed by atoms with van der Waals surface area (Å²) < 4.78 is 0.832. The molecule has 1 aliphatic rings. The third-order valence-corrected chi connectivity index (χ3v) is 3.72. The molecule has 0 radical (unpaired) electrons. The number of aryl methyl sites for hydroxylation is 1. The predicted molar refractivity (Wildman–Crippen MR) is 75.4 cm³/mol. The summed E-state index contributed by atoms with van der Waals surface area (Å²) in [6, 6.07) is 5.53. The summed E-state index contributed by atoms with van der Waals surface area (Å²) in [5.41, 5.74) is 1.85. The molecule has 2 rings (SSSR count). The van der Waals surface area contributed by atoms with Crippen LogP contribution in [0.15, 0.2) is 22.7 Å². The Balaban J connectivity index is 2.21. The Morgan fingerprint density at radius 3 is 2.95 bits per heavy atom. The Morgan fingerprint density at radius 1 is 1.58 bits per heavy atom. The largest absolute Gasteiger partial charge is 0.481 e. The first-order chi connectivity index (χ1) is 8.97.